The summed E-state index contributed by atoms with van der Waals surface area (Å²) in [5.74, 6) is 2.28. The molecule has 0 atom stereocenters. The van der Waals surface area contributed by atoms with Gasteiger partial charge in [0.25, 0.3) is 0 Å². The molecule has 0 radical (unpaired) electrons. The van der Waals surface area contributed by atoms with Crippen LogP contribution in [0, 0.1) is 12.3 Å². The maximum atomic E-state index is 11.9. The van der Waals surface area contributed by atoms with E-state index in [-0.39, 0.29) is 5.97 Å². The average molecular weight is 279 g/mol. The third-order valence-corrected chi connectivity index (χ3v) is 3.15. The van der Waals surface area contributed by atoms with E-state index in [0.29, 0.717) is 18.7 Å². The average Bonchev–Trinajstić information content (AvgIpc) is 2.55. The molecule has 21 heavy (non-hydrogen) atoms. The Morgan fingerprint density at radius 3 is 2.48 bits per heavy atom. The predicted molar refractivity (Wildman–Crippen MR) is 84.1 cm³/mol. The lowest BCUT2D eigenvalue weighted by Crippen LogP contribution is -2.25. The van der Waals surface area contributed by atoms with E-state index in [4.69, 9.17) is 11.2 Å². The molecule has 2 aromatic carbocycles. The summed E-state index contributed by atoms with van der Waals surface area (Å²) < 4.78 is 4.84. The van der Waals surface area contributed by atoms with Crippen molar-refractivity contribution in [2.24, 2.45) is 0 Å². The molecule has 2 aromatic rings. The Bertz CT molecular complexity index is 644. The zero-order valence-electron chi connectivity index (χ0n) is 12.0. The van der Waals surface area contributed by atoms with Crippen molar-refractivity contribution in [3.63, 3.8) is 0 Å². The van der Waals surface area contributed by atoms with Gasteiger partial charge in [-0.1, -0.05) is 48.4 Å². The largest absolute Gasteiger partial charge is 0.465 e. The van der Waals surface area contributed by atoms with Gasteiger partial charge in [0, 0.05) is 6.54 Å². The zero-order valence-corrected chi connectivity index (χ0v) is 12.0. The molecule has 106 valence electrons. The Hall–Kier alpha value is -2.73. The molecule has 0 unspecified atom stereocenters. The van der Waals surface area contributed by atoms with Crippen molar-refractivity contribution in [3.05, 3.63) is 65.7 Å². The zero-order chi connectivity index (χ0) is 15.1. The molecule has 0 heterocycles. The second-order valence-electron chi connectivity index (χ2n) is 4.55. The van der Waals surface area contributed by atoms with E-state index in [0.717, 1.165) is 11.3 Å². The molecule has 0 aromatic heterocycles. The molecule has 0 aliphatic heterocycles. The minimum absolute atomic E-state index is 0.360. The number of benzene rings is 2. The van der Waals surface area contributed by atoms with Gasteiger partial charge in [0.1, 0.15) is 0 Å². The Morgan fingerprint density at radius 1 is 1.14 bits per heavy atom. The maximum Gasteiger partial charge on any atom is 0.339 e. The van der Waals surface area contributed by atoms with Crippen molar-refractivity contribution in [1.29, 1.82) is 0 Å². The third-order valence-electron chi connectivity index (χ3n) is 3.15. The highest BCUT2D eigenvalue weighted by atomic mass is 16.5. The van der Waals surface area contributed by atoms with Crippen LogP contribution in [0.3, 0.4) is 0 Å². The first-order valence-electron chi connectivity index (χ1n) is 6.66. The molecular weight excluding hydrogens is 262 g/mol. The van der Waals surface area contributed by atoms with Crippen LogP contribution in [-0.2, 0) is 11.3 Å². The molecule has 0 fully saturated rings. The number of carbonyl (C=O) groups excluding carboxylic acids is 1. The van der Waals surface area contributed by atoms with E-state index >= 15 is 0 Å². The van der Waals surface area contributed by atoms with Crippen LogP contribution in [0.2, 0.25) is 0 Å². The highest BCUT2D eigenvalue weighted by Gasteiger charge is 2.16. The minimum Gasteiger partial charge on any atom is -0.465 e. The van der Waals surface area contributed by atoms with E-state index < -0.39 is 0 Å². The lowest BCUT2D eigenvalue weighted by molar-refractivity contribution is 0.0601. The van der Waals surface area contributed by atoms with Crippen LogP contribution in [0.1, 0.15) is 15.9 Å². The summed E-state index contributed by atoms with van der Waals surface area (Å²) in [6.07, 6.45) is 5.47. The van der Waals surface area contributed by atoms with Crippen LogP contribution in [0.5, 0.6) is 0 Å². The Kier molecular flexibility index (Phi) is 5.00. The summed E-state index contributed by atoms with van der Waals surface area (Å²) in [7, 11) is 1.38. The summed E-state index contributed by atoms with van der Waals surface area (Å²) in [5, 5.41) is 0. The molecule has 2 rings (SSSR count). The summed E-state index contributed by atoms with van der Waals surface area (Å²) in [4.78, 5) is 13.9. The fraction of sp³-hybridized carbons (Fsp3) is 0.167. The van der Waals surface area contributed by atoms with Gasteiger partial charge in [-0.3, -0.25) is 0 Å². The molecule has 0 amide bonds. The quantitative estimate of drug-likeness (QED) is 0.622. The minimum atomic E-state index is -0.360. The fourth-order valence-corrected chi connectivity index (χ4v) is 2.17. The molecule has 0 spiro atoms. The van der Waals surface area contributed by atoms with Crippen LogP contribution in [0.25, 0.3) is 0 Å². The van der Waals surface area contributed by atoms with Crippen molar-refractivity contribution in [2.45, 2.75) is 6.54 Å². The van der Waals surface area contributed by atoms with Crippen LogP contribution in [0.4, 0.5) is 5.69 Å². The van der Waals surface area contributed by atoms with Gasteiger partial charge in [-0.05, 0) is 17.7 Å². The Labute approximate surface area is 125 Å². The topological polar surface area (TPSA) is 29.5 Å². The lowest BCUT2D eigenvalue weighted by Gasteiger charge is -2.24. The standard InChI is InChI=1S/C18H17NO2/c1-3-13-19(14-15-9-5-4-6-10-15)17-12-8-7-11-16(17)18(20)21-2/h1,4-12H,13-14H2,2H3. The molecule has 0 bridgehead atoms. The summed E-state index contributed by atoms with van der Waals surface area (Å²) in [5.41, 5.74) is 2.43. The number of para-hydroxylation sites is 1. The van der Waals surface area contributed by atoms with Gasteiger partial charge in [0.05, 0.1) is 24.9 Å². The van der Waals surface area contributed by atoms with Crippen LogP contribution < -0.4 is 4.90 Å². The van der Waals surface area contributed by atoms with Crippen molar-refractivity contribution in [2.75, 3.05) is 18.6 Å². The van der Waals surface area contributed by atoms with Gasteiger partial charge in [-0.2, -0.15) is 0 Å². The predicted octanol–water partition coefficient (Wildman–Crippen LogP) is 3.11. The number of methoxy groups -OCH3 is 1. The van der Waals surface area contributed by atoms with Crippen LogP contribution in [-0.4, -0.2) is 19.6 Å². The Morgan fingerprint density at radius 2 is 1.81 bits per heavy atom. The van der Waals surface area contributed by atoms with E-state index in [9.17, 15) is 4.79 Å². The first-order chi connectivity index (χ1) is 10.3. The number of rotatable bonds is 5. The summed E-state index contributed by atoms with van der Waals surface area (Å²) in [6.45, 7) is 1.06. The molecule has 0 N–H and O–H groups in total. The number of ether oxygens (including phenoxy) is 1. The van der Waals surface area contributed by atoms with Gasteiger partial charge in [0.2, 0.25) is 0 Å². The SMILES string of the molecule is C#CCN(Cc1ccccc1)c1ccccc1C(=O)OC. The van der Waals surface area contributed by atoms with E-state index in [1.807, 2.05) is 53.4 Å². The number of anilines is 1. The van der Waals surface area contributed by atoms with Crippen molar-refractivity contribution in [3.8, 4) is 12.3 Å². The van der Waals surface area contributed by atoms with E-state index in [1.165, 1.54) is 7.11 Å². The van der Waals surface area contributed by atoms with Crippen LogP contribution >= 0.6 is 0 Å². The first kappa shape index (κ1) is 14.7. The number of hydrogen-bond donors (Lipinski definition) is 0. The summed E-state index contributed by atoms with van der Waals surface area (Å²) in [6, 6.07) is 17.3. The molecule has 0 saturated heterocycles. The smallest absolute Gasteiger partial charge is 0.339 e. The number of nitrogens with zero attached hydrogens (tertiary/aromatic N) is 1. The number of hydrogen-bond acceptors (Lipinski definition) is 3. The highest BCUT2D eigenvalue weighted by molar-refractivity contribution is 5.95. The lowest BCUT2D eigenvalue weighted by atomic mass is 10.1. The first-order valence-corrected chi connectivity index (χ1v) is 6.66. The van der Waals surface area contributed by atoms with Crippen molar-refractivity contribution >= 4 is 11.7 Å². The molecule has 0 aliphatic carbocycles. The molecule has 3 heteroatoms. The molecule has 0 aliphatic rings. The van der Waals surface area contributed by atoms with Crippen molar-refractivity contribution in [1.82, 2.24) is 0 Å². The third kappa shape index (κ3) is 3.64. The number of terminal acetylenes is 1. The fourth-order valence-electron chi connectivity index (χ4n) is 2.17. The number of carbonyl (C=O) groups is 1. The van der Waals surface area contributed by atoms with Gasteiger partial charge < -0.3 is 9.64 Å². The second-order valence-corrected chi connectivity index (χ2v) is 4.55. The van der Waals surface area contributed by atoms with Gasteiger partial charge >= 0.3 is 5.97 Å². The monoisotopic (exact) mass is 279 g/mol. The molecular formula is C18H17NO2. The van der Waals surface area contributed by atoms with Gasteiger partial charge in [-0.15, -0.1) is 6.42 Å². The highest BCUT2D eigenvalue weighted by Crippen LogP contribution is 2.23. The second kappa shape index (κ2) is 7.16. The molecule has 3 nitrogen and oxygen atoms in total. The van der Waals surface area contributed by atoms with Crippen molar-refractivity contribution < 1.29 is 9.53 Å². The van der Waals surface area contributed by atoms with Gasteiger partial charge in [0.15, 0.2) is 0 Å². The van der Waals surface area contributed by atoms with Gasteiger partial charge in [-0.25, -0.2) is 4.79 Å². The normalized spacial score (nSPS) is 9.71. The maximum absolute atomic E-state index is 11.9. The number of esters is 1. The van der Waals surface area contributed by atoms with Crippen LogP contribution in [0.15, 0.2) is 54.6 Å². The summed E-state index contributed by atoms with van der Waals surface area (Å²) >= 11 is 0. The van der Waals surface area contributed by atoms with E-state index in [2.05, 4.69) is 5.92 Å². The Balaban J connectivity index is 2.35. The van der Waals surface area contributed by atoms with E-state index in [1.54, 1.807) is 6.07 Å². The molecule has 0 saturated carbocycles.